The van der Waals surface area contributed by atoms with Crippen molar-refractivity contribution < 1.29 is 24.6 Å². The minimum atomic E-state index is -1.49. The number of nitrogens with one attached hydrogen (secondary N) is 2. The third-order valence-corrected chi connectivity index (χ3v) is 3.36. The maximum absolute atomic E-state index is 11.7. The van der Waals surface area contributed by atoms with Crippen LogP contribution in [-0.2, 0) is 9.59 Å². The van der Waals surface area contributed by atoms with E-state index in [1.54, 1.807) is 25.1 Å². The molecule has 0 unspecified atom stereocenters. The van der Waals surface area contributed by atoms with E-state index in [0.29, 0.717) is 5.69 Å². The molecule has 0 bridgehead atoms. The molecule has 20 heavy (non-hydrogen) atoms. The predicted octanol–water partition coefficient (Wildman–Crippen LogP) is 1.81. The second-order valence-electron chi connectivity index (χ2n) is 4.00. The van der Waals surface area contributed by atoms with Gasteiger partial charge in [0.25, 0.3) is 0 Å². The van der Waals surface area contributed by atoms with E-state index in [4.69, 9.17) is 10.2 Å². The number of urea groups is 1. The second-order valence-corrected chi connectivity index (χ2v) is 4.85. The van der Waals surface area contributed by atoms with Crippen molar-refractivity contribution in [2.24, 2.45) is 0 Å². The van der Waals surface area contributed by atoms with Crippen LogP contribution in [0.5, 0.6) is 0 Å². The van der Waals surface area contributed by atoms with Gasteiger partial charge in [-0.25, -0.2) is 9.59 Å². The largest absolute Gasteiger partial charge is 0.481 e. The highest BCUT2D eigenvalue weighted by Crippen LogP contribution is 2.23. The van der Waals surface area contributed by atoms with E-state index >= 15 is 0 Å². The molecular weight excluding hydrogens is 332 g/mol. The van der Waals surface area contributed by atoms with Crippen molar-refractivity contribution in [1.82, 2.24) is 5.32 Å². The van der Waals surface area contributed by atoms with E-state index in [1.807, 2.05) is 0 Å². The standard InChI is InChI=1S/C12H13BrN2O5/c1-6-7(13)3-2-4-8(6)14-12(20)15-9(11(18)19)5-10(16)17/h2-4,9H,5H2,1H3,(H,16,17)(H,18,19)(H2,14,15,20)/t9-/m0/s1. The summed E-state index contributed by atoms with van der Waals surface area (Å²) in [6, 6.07) is 2.88. The minimum absolute atomic E-state index is 0.497. The average molecular weight is 345 g/mol. The molecule has 1 aromatic rings. The Bertz CT molecular complexity index is 547. The quantitative estimate of drug-likeness (QED) is 0.650. The Labute approximate surface area is 123 Å². The number of carbonyl (C=O) groups is 3. The lowest BCUT2D eigenvalue weighted by molar-refractivity contribution is -0.145. The van der Waals surface area contributed by atoms with Gasteiger partial charge in [0.1, 0.15) is 6.04 Å². The molecule has 0 aliphatic carbocycles. The average Bonchev–Trinajstić information content (AvgIpc) is 2.33. The van der Waals surface area contributed by atoms with E-state index in [0.717, 1.165) is 10.0 Å². The molecule has 0 spiro atoms. The van der Waals surface area contributed by atoms with Gasteiger partial charge in [0.05, 0.1) is 6.42 Å². The van der Waals surface area contributed by atoms with Crippen LogP contribution in [-0.4, -0.2) is 34.2 Å². The van der Waals surface area contributed by atoms with Gasteiger partial charge in [-0.3, -0.25) is 4.79 Å². The predicted molar refractivity (Wildman–Crippen MR) is 74.7 cm³/mol. The van der Waals surface area contributed by atoms with Gasteiger partial charge in [0.15, 0.2) is 0 Å². The zero-order valence-corrected chi connectivity index (χ0v) is 12.1. The Morgan fingerprint density at radius 2 is 1.95 bits per heavy atom. The molecule has 7 nitrogen and oxygen atoms in total. The Kier molecular flexibility index (Phi) is 5.51. The lowest BCUT2D eigenvalue weighted by atomic mass is 10.2. The normalized spacial score (nSPS) is 11.5. The third-order valence-electron chi connectivity index (χ3n) is 2.50. The van der Waals surface area contributed by atoms with Crippen LogP contribution in [0.1, 0.15) is 12.0 Å². The summed E-state index contributed by atoms with van der Waals surface area (Å²) in [4.78, 5) is 33.0. The van der Waals surface area contributed by atoms with Crippen molar-refractivity contribution >= 4 is 39.6 Å². The van der Waals surface area contributed by atoms with Crippen molar-refractivity contribution in [2.45, 2.75) is 19.4 Å². The maximum atomic E-state index is 11.7. The van der Waals surface area contributed by atoms with Gasteiger partial charge in [-0.2, -0.15) is 0 Å². The van der Waals surface area contributed by atoms with Gasteiger partial charge >= 0.3 is 18.0 Å². The minimum Gasteiger partial charge on any atom is -0.481 e. The van der Waals surface area contributed by atoms with Gasteiger partial charge in [0, 0.05) is 10.2 Å². The molecule has 0 aliphatic rings. The summed E-state index contributed by atoms with van der Waals surface area (Å²) >= 11 is 3.30. The van der Waals surface area contributed by atoms with E-state index in [1.165, 1.54) is 0 Å². The highest BCUT2D eigenvalue weighted by Gasteiger charge is 2.23. The third kappa shape index (κ3) is 4.54. The molecular formula is C12H13BrN2O5. The van der Waals surface area contributed by atoms with Crippen LogP contribution >= 0.6 is 15.9 Å². The highest BCUT2D eigenvalue weighted by molar-refractivity contribution is 9.10. The van der Waals surface area contributed by atoms with Crippen LogP contribution in [0.4, 0.5) is 10.5 Å². The SMILES string of the molecule is Cc1c(Br)cccc1NC(=O)N[C@@H](CC(=O)O)C(=O)O. The van der Waals surface area contributed by atoms with Crippen molar-refractivity contribution in [1.29, 1.82) is 0 Å². The van der Waals surface area contributed by atoms with Crippen LogP contribution in [0.3, 0.4) is 0 Å². The molecule has 108 valence electrons. The first-order valence-corrected chi connectivity index (χ1v) is 6.37. The zero-order chi connectivity index (χ0) is 15.3. The zero-order valence-electron chi connectivity index (χ0n) is 10.5. The number of amides is 2. The van der Waals surface area contributed by atoms with Crippen LogP contribution in [0.15, 0.2) is 22.7 Å². The van der Waals surface area contributed by atoms with Crippen LogP contribution in [0.25, 0.3) is 0 Å². The molecule has 0 radical (unpaired) electrons. The van der Waals surface area contributed by atoms with E-state index in [9.17, 15) is 14.4 Å². The molecule has 0 aromatic heterocycles. The molecule has 1 atom stereocenters. The van der Waals surface area contributed by atoms with Crippen molar-refractivity contribution in [3.63, 3.8) is 0 Å². The fraction of sp³-hybridized carbons (Fsp3) is 0.250. The number of anilines is 1. The highest BCUT2D eigenvalue weighted by atomic mass is 79.9. The number of aliphatic carboxylic acids is 2. The molecule has 4 N–H and O–H groups in total. The van der Waals surface area contributed by atoms with Gasteiger partial charge in [-0.15, -0.1) is 0 Å². The van der Waals surface area contributed by atoms with Crippen LogP contribution in [0.2, 0.25) is 0 Å². The van der Waals surface area contributed by atoms with E-state index in [2.05, 4.69) is 26.6 Å². The van der Waals surface area contributed by atoms with Crippen molar-refractivity contribution in [2.75, 3.05) is 5.32 Å². The Balaban J connectivity index is 2.73. The van der Waals surface area contributed by atoms with Crippen molar-refractivity contribution in [3.05, 3.63) is 28.2 Å². The fourth-order valence-electron chi connectivity index (χ4n) is 1.43. The molecule has 1 aromatic carbocycles. The summed E-state index contributed by atoms with van der Waals surface area (Å²) in [6.07, 6.45) is -0.694. The number of halogens is 1. The number of benzene rings is 1. The second kappa shape index (κ2) is 6.90. The first-order chi connectivity index (χ1) is 9.31. The summed E-state index contributed by atoms with van der Waals surface area (Å²) in [6.45, 7) is 1.77. The topological polar surface area (TPSA) is 116 Å². The molecule has 0 heterocycles. The van der Waals surface area contributed by atoms with E-state index < -0.39 is 30.4 Å². The van der Waals surface area contributed by atoms with Crippen LogP contribution < -0.4 is 10.6 Å². The first kappa shape index (κ1) is 16.0. The number of carboxylic acids is 2. The molecule has 0 saturated carbocycles. The number of hydrogen-bond donors (Lipinski definition) is 4. The Morgan fingerprint density at radius 1 is 1.30 bits per heavy atom. The van der Waals surface area contributed by atoms with Gasteiger partial charge in [0.2, 0.25) is 0 Å². The molecule has 0 saturated heterocycles. The van der Waals surface area contributed by atoms with Crippen molar-refractivity contribution in [3.8, 4) is 0 Å². The van der Waals surface area contributed by atoms with Gasteiger partial charge in [-0.1, -0.05) is 22.0 Å². The summed E-state index contributed by atoms with van der Waals surface area (Å²) in [5, 5.41) is 22.0. The molecule has 8 heteroatoms. The molecule has 0 aliphatic heterocycles. The smallest absolute Gasteiger partial charge is 0.326 e. The number of rotatable bonds is 5. The fourth-order valence-corrected chi connectivity index (χ4v) is 1.80. The lowest BCUT2D eigenvalue weighted by Crippen LogP contribution is -2.44. The van der Waals surface area contributed by atoms with Crippen LogP contribution in [0, 0.1) is 6.92 Å². The van der Waals surface area contributed by atoms with Gasteiger partial charge in [-0.05, 0) is 24.6 Å². The Morgan fingerprint density at radius 3 is 2.50 bits per heavy atom. The first-order valence-electron chi connectivity index (χ1n) is 5.58. The lowest BCUT2D eigenvalue weighted by Gasteiger charge is -2.14. The monoisotopic (exact) mass is 344 g/mol. The summed E-state index contributed by atoms with van der Waals surface area (Å²) in [5.41, 5.74) is 1.27. The molecule has 2 amide bonds. The Hall–Kier alpha value is -2.09. The summed E-state index contributed by atoms with van der Waals surface area (Å²) in [5.74, 6) is -2.72. The number of hydrogen-bond acceptors (Lipinski definition) is 3. The van der Waals surface area contributed by atoms with E-state index in [-0.39, 0.29) is 0 Å². The maximum Gasteiger partial charge on any atom is 0.326 e. The molecule has 1 rings (SSSR count). The van der Waals surface area contributed by atoms with Gasteiger partial charge < -0.3 is 20.8 Å². The number of carbonyl (C=O) groups excluding carboxylic acids is 1. The molecule has 0 fully saturated rings. The number of carboxylic acid groups (broad SMARTS) is 2. The summed E-state index contributed by atoms with van der Waals surface area (Å²) in [7, 11) is 0. The summed E-state index contributed by atoms with van der Waals surface area (Å²) < 4.78 is 0.788.